The number of hydrogen-bond acceptors (Lipinski definition) is 2. The van der Waals surface area contributed by atoms with Crippen LogP contribution in [0.25, 0.3) is 0 Å². The summed E-state index contributed by atoms with van der Waals surface area (Å²) in [6, 6.07) is 0. The first-order valence-electron chi connectivity index (χ1n) is 4.51. The molecule has 0 bridgehead atoms. The molecule has 1 N–H and O–H groups in total. The Morgan fingerprint density at radius 1 is 1.62 bits per heavy atom. The average Bonchev–Trinajstić information content (AvgIpc) is 2.11. The number of allylic oxidation sites excluding steroid dienone is 2. The van der Waals surface area contributed by atoms with E-state index in [1.807, 2.05) is 20.8 Å². The van der Waals surface area contributed by atoms with Gasteiger partial charge in [0, 0.05) is 18.8 Å². The summed E-state index contributed by atoms with van der Waals surface area (Å²) in [6.07, 6.45) is 2.42. The van der Waals surface area contributed by atoms with Gasteiger partial charge in [0.1, 0.15) is 5.84 Å². The van der Waals surface area contributed by atoms with Crippen LogP contribution in [0.15, 0.2) is 16.8 Å². The standard InChI is InChI=1S/C10H16N2O/c1-5-10(3)8(13)6-7(2)12-9(10)11-4/h6H,5H2,1-4H3,(H,11,12). The van der Waals surface area contributed by atoms with Gasteiger partial charge in [-0.3, -0.25) is 9.79 Å². The molecular weight excluding hydrogens is 164 g/mol. The average molecular weight is 180 g/mol. The maximum Gasteiger partial charge on any atom is 0.170 e. The maximum absolute atomic E-state index is 11.7. The molecule has 1 rings (SSSR count). The largest absolute Gasteiger partial charge is 0.347 e. The fourth-order valence-corrected chi connectivity index (χ4v) is 1.48. The number of amidine groups is 1. The van der Waals surface area contributed by atoms with E-state index in [1.54, 1.807) is 13.1 Å². The van der Waals surface area contributed by atoms with Crippen LogP contribution in [0.5, 0.6) is 0 Å². The van der Waals surface area contributed by atoms with E-state index in [4.69, 9.17) is 0 Å². The lowest BCUT2D eigenvalue weighted by Crippen LogP contribution is -2.46. The van der Waals surface area contributed by atoms with E-state index in [1.165, 1.54) is 0 Å². The summed E-state index contributed by atoms with van der Waals surface area (Å²) in [5.41, 5.74) is 0.422. The van der Waals surface area contributed by atoms with Gasteiger partial charge in [-0.2, -0.15) is 0 Å². The predicted octanol–water partition coefficient (Wildman–Crippen LogP) is 1.51. The molecule has 0 saturated carbocycles. The summed E-state index contributed by atoms with van der Waals surface area (Å²) in [5.74, 6) is 0.923. The molecule has 0 saturated heterocycles. The van der Waals surface area contributed by atoms with Crippen molar-refractivity contribution < 1.29 is 4.79 Å². The van der Waals surface area contributed by atoms with Crippen molar-refractivity contribution in [2.24, 2.45) is 10.4 Å². The zero-order valence-corrected chi connectivity index (χ0v) is 8.64. The molecule has 0 fully saturated rings. The predicted molar refractivity (Wildman–Crippen MR) is 53.7 cm³/mol. The van der Waals surface area contributed by atoms with Crippen molar-refractivity contribution >= 4 is 11.6 Å². The lowest BCUT2D eigenvalue weighted by Gasteiger charge is -2.31. The molecule has 1 unspecified atom stereocenters. The molecule has 3 heteroatoms. The Morgan fingerprint density at radius 2 is 2.23 bits per heavy atom. The smallest absolute Gasteiger partial charge is 0.170 e. The summed E-state index contributed by atoms with van der Waals surface area (Å²) in [4.78, 5) is 15.8. The van der Waals surface area contributed by atoms with Gasteiger partial charge in [-0.15, -0.1) is 0 Å². The third-order valence-electron chi connectivity index (χ3n) is 2.66. The number of rotatable bonds is 1. The van der Waals surface area contributed by atoms with E-state index in [0.29, 0.717) is 0 Å². The topological polar surface area (TPSA) is 41.5 Å². The van der Waals surface area contributed by atoms with Crippen LogP contribution < -0.4 is 5.32 Å². The molecule has 3 nitrogen and oxygen atoms in total. The monoisotopic (exact) mass is 180 g/mol. The van der Waals surface area contributed by atoms with E-state index < -0.39 is 5.41 Å². The molecule has 0 amide bonds. The molecule has 1 aliphatic rings. The highest BCUT2D eigenvalue weighted by atomic mass is 16.1. The molecule has 0 radical (unpaired) electrons. The first-order chi connectivity index (χ1) is 6.04. The fourth-order valence-electron chi connectivity index (χ4n) is 1.48. The van der Waals surface area contributed by atoms with Crippen molar-refractivity contribution in [1.29, 1.82) is 0 Å². The zero-order valence-electron chi connectivity index (χ0n) is 8.64. The van der Waals surface area contributed by atoms with Crippen LogP contribution in [-0.4, -0.2) is 18.7 Å². The van der Waals surface area contributed by atoms with Crippen LogP contribution in [0.3, 0.4) is 0 Å². The van der Waals surface area contributed by atoms with Gasteiger partial charge in [0.2, 0.25) is 0 Å². The first-order valence-corrected chi connectivity index (χ1v) is 4.51. The first kappa shape index (κ1) is 9.96. The summed E-state index contributed by atoms with van der Waals surface area (Å²) in [5, 5.41) is 3.13. The van der Waals surface area contributed by atoms with Crippen LogP contribution in [-0.2, 0) is 4.79 Å². The maximum atomic E-state index is 11.7. The summed E-state index contributed by atoms with van der Waals surface area (Å²) in [7, 11) is 1.71. The minimum Gasteiger partial charge on any atom is -0.347 e. The lowest BCUT2D eigenvalue weighted by molar-refractivity contribution is -0.120. The highest BCUT2D eigenvalue weighted by Crippen LogP contribution is 2.27. The Balaban J connectivity index is 3.14. The number of nitrogens with one attached hydrogen (secondary N) is 1. The number of aliphatic imine (C=N–C) groups is 1. The fraction of sp³-hybridized carbons (Fsp3) is 0.600. The SMILES string of the molecule is CCC1(C)C(=O)C=C(C)NC1=NC. The quantitative estimate of drug-likeness (QED) is 0.664. The Bertz CT molecular complexity index is 291. The van der Waals surface area contributed by atoms with Crippen LogP contribution in [0.2, 0.25) is 0 Å². The molecule has 1 heterocycles. The van der Waals surface area contributed by atoms with E-state index >= 15 is 0 Å². The number of hydrogen-bond donors (Lipinski definition) is 1. The lowest BCUT2D eigenvalue weighted by atomic mass is 9.79. The molecule has 72 valence electrons. The third kappa shape index (κ3) is 1.50. The number of carbonyl (C=O) groups excluding carboxylic acids is 1. The second kappa shape index (κ2) is 3.32. The van der Waals surface area contributed by atoms with E-state index in [2.05, 4.69) is 10.3 Å². The minimum absolute atomic E-state index is 0.145. The highest BCUT2D eigenvalue weighted by Gasteiger charge is 2.38. The molecule has 0 aromatic heterocycles. The molecule has 0 aliphatic carbocycles. The van der Waals surface area contributed by atoms with Crippen molar-refractivity contribution in [3.05, 3.63) is 11.8 Å². The molecule has 1 aliphatic heterocycles. The van der Waals surface area contributed by atoms with Gasteiger partial charge in [-0.25, -0.2) is 0 Å². The Morgan fingerprint density at radius 3 is 2.69 bits per heavy atom. The van der Waals surface area contributed by atoms with Crippen LogP contribution in [0.4, 0.5) is 0 Å². The summed E-state index contributed by atoms with van der Waals surface area (Å²) in [6.45, 7) is 5.80. The second-order valence-corrected chi connectivity index (χ2v) is 3.57. The Labute approximate surface area is 78.9 Å². The normalized spacial score (nSPS) is 31.5. The zero-order chi connectivity index (χ0) is 10.1. The van der Waals surface area contributed by atoms with Gasteiger partial charge in [0.15, 0.2) is 5.78 Å². The van der Waals surface area contributed by atoms with Crippen molar-refractivity contribution in [1.82, 2.24) is 5.32 Å². The third-order valence-corrected chi connectivity index (χ3v) is 2.66. The highest BCUT2D eigenvalue weighted by molar-refractivity contribution is 6.15. The molecule has 0 aromatic rings. The van der Waals surface area contributed by atoms with Gasteiger partial charge in [-0.1, -0.05) is 6.92 Å². The number of carbonyl (C=O) groups is 1. The van der Waals surface area contributed by atoms with Crippen molar-refractivity contribution in [3.63, 3.8) is 0 Å². The van der Waals surface area contributed by atoms with Gasteiger partial charge in [-0.05, 0) is 20.3 Å². The van der Waals surface area contributed by atoms with Crippen LogP contribution in [0, 0.1) is 5.41 Å². The number of ketones is 1. The van der Waals surface area contributed by atoms with Crippen molar-refractivity contribution in [3.8, 4) is 0 Å². The van der Waals surface area contributed by atoms with Gasteiger partial charge >= 0.3 is 0 Å². The van der Waals surface area contributed by atoms with Gasteiger partial charge < -0.3 is 5.32 Å². The van der Waals surface area contributed by atoms with Gasteiger partial charge in [0.05, 0.1) is 5.41 Å². The Hall–Kier alpha value is -1.12. The van der Waals surface area contributed by atoms with E-state index in [9.17, 15) is 4.79 Å². The van der Waals surface area contributed by atoms with Crippen LogP contribution in [0.1, 0.15) is 27.2 Å². The molecule has 1 atom stereocenters. The number of nitrogens with zero attached hydrogens (tertiary/aromatic N) is 1. The molecular formula is C10H16N2O. The van der Waals surface area contributed by atoms with Crippen molar-refractivity contribution in [2.45, 2.75) is 27.2 Å². The summed E-state index contributed by atoms with van der Waals surface area (Å²) < 4.78 is 0. The van der Waals surface area contributed by atoms with Crippen LogP contribution >= 0.6 is 0 Å². The minimum atomic E-state index is -0.450. The molecule has 13 heavy (non-hydrogen) atoms. The summed E-state index contributed by atoms with van der Waals surface area (Å²) >= 11 is 0. The van der Waals surface area contributed by atoms with E-state index in [0.717, 1.165) is 18.0 Å². The molecule has 0 aromatic carbocycles. The second-order valence-electron chi connectivity index (χ2n) is 3.57. The molecule has 0 spiro atoms. The van der Waals surface area contributed by atoms with Crippen molar-refractivity contribution in [2.75, 3.05) is 7.05 Å². The van der Waals surface area contributed by atoms with E-state index in [-0.39, 0.29) is 5.78 Å². The Kier molecular flexibility index (Phi) is 2.55. The van der Waals surface area contributed by atoms with Gasteiger partial charge in [0.25, 0.3) is 0 Å².